The van der Waals surface area contributed by atoms with E-state index >= 15 is 0 Å². The van der Waals surface area contributed by atoms with Gasteiger partial charge >= 0.3 is 0 Å². The number of rotatable bonds is 4. The molecule has 0 spiro atoms. The minimum Gasteiger partial charge on any atom is -0.459 e. The van der Waals surface area contributed by atoms with E-state index in [-0.39, 0.29) is 17.6 Å². The van der Waals surface area contributed by atoms with E-state index in [9.17, 15) is 9.59 Å². The summed E-state index contributed by atoms with van der Waals surface area (Å²) in [5.41, 5.74) is 0. The fourth-order valence-electron chi connectivity index (χ4n) is 3.40. The molecule has 0 radical (unpaired) electrons. The molecule has 22 heavy (non-hydrogen) atoms. The molecule has 2 N–H and O–H groups in total. The van der Waals surface area contributed by atoms with Gasteiger partial charge in [-0.3, -0.25) is 9.59 Å². The number of hydrogen-bond donors (Lipinski definition) is 2. The maximum absolute atomic E-state index is 12.3. The molecular formula is C16H23N3O3. The van der Waals surface area contributed by atoms with Gasteiger partial charge < -0.3 is 20.0 Å². The van der Waals surface area contributed by atoms with Crippen LogP contribution in [0.15, 0.2) is 22.8 Å². The summed E-state index contributed by atoms with van der Waals surface area (Å²) in [5.74, 6) is 1.58. The average Bonchev–Trinajstić information content (AvgIpc) is 3.16. The highest BCUT2D eigenvalue weighted by Gasteiger charge is 2.31. The minimum absolute atomic E-state index is 0.132. The molecule has 2 atom stereocenters. The molecule has 0 unspecified atom stereocenters. The van der Waals surface area contributed by atoms with Gasteiger partial charge in [-0.1, -0.05) is 0 Å². The zero-order chi connectivity index (χ0) is 15.4. The maximum atomic E-state index is 12.3. The number of likely N-dealkylation sites (tertiary alicyclic amines) is 1. The summed E-state index contributed by atoms with van der Waals surface area (Å²) < 4.78 is 5.01. The summed E-state index contributed by atoms with van der Waals surface area (Å²) in [6, 6.07) is 3.28. The highest BCUT2D eigenvalue weighted by atomic mass is 16.3. The predicted octanol–water partition coefficient (Wildman–Crippen LogP) is 0.858. The quantitative estimate of drug-likeness (QED) is 0.865. The van der Waals surface area contributed by atoms with E-state index < -0.39 is 0 Å². The molecule has 0 aromatic carbocycles. The fourth-order valence-corrected chi connectivity index (χ4v) is 3.40. The maximum Gasteiger partial charge on any atom is 0.286 e. The van der Waals surface area contributed by atoms with E-state index in [1.165, 1.54) is 6.26 Å². The van der Waals surface area contributed by atoms with Crippen LogP contribution in [0.4, 0.5) is 0 Å². The number of furan rings is 1. The Balaban J connectivity index is 1.41. The van der Waals surface area contributed by atoms with Crippen LogP contribution in [0.2, 0.25) is 0 Å². The third-order valence-electron chi connectivity index (χ3n) is 4.74. The lowest BCUT2D eigenvalue weighted by Gasteiger charge is -2.21. The SMILES string of the molecule is O=C(NCCC(=O)N1CC[C@@H]2CNC[C@@H]2CC1)c1ccco1. The number of nitrogens with zero attached hydrogens (tertiary/aromatic N) is 1. The van der Waals surface area contributed by atoms with Gasteiger partial charge in [0, 0.05) is 26.1 Å². The molecule has 0 aliphatic carbocycles. The van der Waals surface area contributed by atoms with Crippen molar-refractivity contribution in [2.45, 2.75) is 19.3 Å². The van der Waals surface area contributed by atoms with E-state index in [2.05, 4.69) is 10.6 Å². The summed E-state index contributed by atoms with van der Waals surface area (Å²) in [4.78, 5) is 25.9. The van der Waals surface area contributed by atoms with Crippen LogP contribution in [0.3, 0.4) is 0 Å². The monoisotopic (exact) mass is 305 g/mol. The Bertz CT molecular complexity index is 501. The van der Waals surface area contributed by atoms with Crippen LogP contribution >= 0.6 is 0 Å². The lowest BCUT2D eigenvalue weighted by atomic mass is 9.92. The lowest BCUT2D eigenvalue weighted by molar-refractivity contribution is -0.131. The van der Waals surface area contributed by atoms with Crippen LogP contribution in [0.1, 0.15) is 29.8 Å². The third kappa shape index (κ3) is 3.50. The van der Waals surface area contributed by atoms with Crippen molar-refractivity contribution in [2.75, 3.05) is 32.7 Å². The Morgan fingerprint density at radius 3 is 2.64 bits per heavy atom. The highest BCUT2D eigenvalue weighted by Crippen LogP contribution is 2.27. The molecule has 2 amide bonds. The fraction of sp³-hybridized carbons (Fsp3) is 0.625. The molecule has 0 bridgehead atoms. The largest absolute Gasteiger partial charge is 0.459 e. The molecule has 6 heteroatoms. The Labute approximate surface area is 130 Å². The molecule has 2 aliphatic heterocycles. The smallest absolute Gasteiger partial charge is 0.286 e. The number of carbonyl (C=O) groups excluding carboxylic acids is 2. The molecular weight excluding hydrogens is 282 g/mol. The van der Waals surface area contributed by atoms with Crippen molar-refractivity contribution >= 4 is 11.8 Å². The number of carbonyl (C=O) groups is 2. The molecule has 1 aromatic rings. The second-order valence-electron chi connectivity index (χ2n) is 6.12. The van der Waals surface area contributed by atoms with Crippen molar-refractivity contribution < 1.29 is 14.0 Å². The van der Waals surface area contributed by atoms with E-state index in [1.54, 1.807) is 12.1 Å². The lowest BCUT2D eigenvalue weighted by Crippen LogP contribution is -2.35. The molecule has 2 saturated heterocycles. The van der Waals surface area contributed by atoms with Crippen LogP contribution in [0.5, 0.6) is 0 Å². The summed E-state index contributed by atoms with van der Waals surface area (Å²) in [7, 11) is 0. The van der Waals surface area contributed by atoms with Crippen LogP contribution in [-0.2, 0) is 4.79 Å². The number of nitrogens with one attached hydrogen (secondary N) is 2. The van der Waals surface area contributed by atoms with Crippen LogP contribution < -0.4 is 10.6 Å². The van der Waals surface area contributed by atoms with E-state index in [4.69, 9.17) is 4.42 Å². The van der Waals surface area contributed by atoms with Crippen LogP contribution in [0.25, 0.3) is 0 Å². The first-order valence-corrected chi connectivity index (χ1v) is 8.04. The second kappa shape index (κ2) is 6.96. The zero-order valence-corrected chi connectivity index (χ0v) is 12.7. The molecule has 3 rings (SSSR count). The summed E-state index contributed by atoms with van der Waals surface area (Å²) in [5, 5.41) is 6.16. The van der Waals surface area contributed by atoms with Gasteiger partial charge in [-0.05, 0) is 49.9 Å². The van der Waals surface area contributed by atoms with Crippen molar-refractivity contribution in [3.05, 3.63) is 24.2 Å². The van der Waals surface area contributed by atoms with E-state index in [1.807, 2.05) is 4.90 Å². The predicted molar refractivity (Wildman–Crippen MR) is 81.3 cm³/mol. The van der Waals surface area contributed by atoms with Crippen molar-refractivity contribution in [3.8, 4) is 0 Å². The van der Waals surface area contributed by atoms with Crippen LogP contribution in [-0.4, -0.2) is 49.4 Å². The van der Waals surface area contributed by atoms with E-state index in [0.717, 1.165) is 50.9 Å². The normalized spacial score (nSPS) is 24.6. The van der Waals surface area contributed by atoms with Crippen molar-refractivity contribution in [2.24, 2.45) is 11.8 Å². The van der Waals surface area contributed by atoms with E-state index in [0.29, 0.717) is 13.0 Å². The number of fused-ring (bicyclic) bond motifs is 1. The van der Waals surface area contributed by atoms with Gasteiger partial charge in [0.15, 0.2) is 5.76 Å². The van der Waals surface area contributed by atoms with Crippen molar-refractivity contribution in [1.82, 2.24) is 15.5 Å². The molecule has 2 fully saturated rings. The average molecular weight is 305 g/mol. The standard InChI is InChI=1S/C16H23N3O3/c20-15(3-6-18-16(21)14-2-1-9-22-14)19-7-4-12-10-17-11-13(12)5-8-19/h1-2,9,12-13,17H,3-8,10-11H2,(H,18,21)/t12-,13+. The van der Waals surface area contributed by atoms with Gasteiger partial charge in [0.25, 0.3) is 5.91 Å². The summed E-state index contributed by atoms with van der Waals surface area (Å²) in [6.45, 7) is 4.21. The molecule has 0 saturated carbocycles. The van der Waals surface area contributed by atoms with Gasteiger partial charge in [-0.2, -0.15) is 0 Å². The van der Waals surface area contributed by atoms with Crippen molar-refractivity contribution in [3.63, 3.8) is 0 Å². The number of hydrogen-bond acceptors (Lipinski definition) is 4. The molecule has 6 nitrogen and oxygen atoms in total. The van der Waals surface area contributed by atoms with Gasteiger partial charge in [0.2, 0.25) is 5.91 Å². The topological polar surface area (TPSA) is 74.6 Å². The first kappa shape index (κ1) is 15.1. The minimum atomic E-state index is -0.269. The van der Waals surface area contributed by atoms with Gasteiger partial charge in [-0.25, -0.2) is 0 Å². The first-order chi connectivity index (χ1) is 10.7. The van der Waals surface area contributed by atoms with Crippen LogP contribution in [0, 0.1) is 11.8 Å². The van der Waals surface area contributed by atoms with Crippen molar-refractivity contribution in [1.29, 1.82) is 0 Å². The first-order valence-electron chi connectivity index (χ1n) is 8.04. The highest BCUT2D eigenvalue weighted by molar-refractivity contribution is 5.91. The Kier molecular flexibility index (Phi) is 4.77. The van der Waals surface area contributed by atoms with Gasteiger partial charge in [-0.15, -0.1) is 0 Å². The molecule has 120 valence electrons. The molecule has 1 aromatic heterocycles. The summed E-state index contributed by atoms with van der Waals surface area (Å²) in [6.07, 6.45) is 3.98. The Morgan fingerprint density at radius 2 is 2.00 bits per heavy atom. The number of amides is 2. The second-order valence-corrected chi connectivity index (χ2v) is 6.12. The Hall–Kier alpha value is -1.82. The molecule has 3 heterocycles. The molecule has 2 aliphatic rings. The van der Waals surface area contributed by atoms with Gasteiger partial charge in [0.1, 0.15) is 0 Å². The van der Waals surface area contributed by atoms with Gasteiger partial charge in [0.05, 0.1) is 6.26 Å². The third-order valence-corrected chi connectivity index (χ3v) is 4.74. The Morgan fingerprint density at radius 1 is 1.27 bits per heavy atom. The summed E-state index contributed by atoms with van der Waals surface area (Å²) >= 11 is 0. The zero-order valence-electron chi connectivity index (χ0n) is 12.7.